The fourth-order valence-corrected chi connectivity index (χ4v) is 3.88. The van der Waals surface area contributed by atoms with Gasteiger partial charge < -0.3 is 0 Å². The summed E-state index contributed by atoms with van der Waals surface area (Å²) in [6.07, 6.45) is 0.260. The van der Waals surface area contributed by atoms with Gasteiger partial charge in [0.1, 0.15) is 5.57 Å². The average molecular weight is 392 g/mol. The molecule has 2 fully saturated rings. The summed E-state index contributed by atoms with van der Waals surface area (Å²) in [5.74, 6) is -1.60. The molecule has 0 aliphatic carbocycles. The van der Waals surface area contributed by atoms with E-state index < -0.39 is 23.9 Å². The summed E-state index contributed by atoms with van der Waals surface area (Å²) in [5.41, 5.74) is 4.07. The molecule has 1 unspecified atom stereocenters. The zero-order chi connectivity index (χ0) is 20.9. The van der Waals surface area contributed by atoms with Crippen molar-refractivity contribution in [2.24, 2.45) is 0 Å². The van der Waals surface area contributed by atoms with E-state index in [1.165, 1.54) is 26.0 Å². The zero-order valence-electron chi connectivity index (χ0n) is 16.3. The summed E-state index contributed by atoms with van der Waals surface area (Å²) in [6, 6.07) is 12.6. The molecule has 0 radical (unpaired) electrons. The molecule has 2 saturated heterocycles. The number of imide groups is 2. The molecule has 29 heavy (non-hydrogen) atoms. The van der Waals surface area contributed by atoms with Crippen molar-refractivity contribution in [2.45, 2.75) is 19.4 Å². The van der Waals surface area contributed by atoms with Gasteiger partial charge in [0.15, 0.2) is 0 Å². The monoisotopic (exact) mass is 392 g/mol. The van der Waals surface area contributed by atoms with Crippen LogP contribution in [0, 0.1) is 0 Å². The first-order valence-electron chi connectivity index (χ1n) is 9.18. The molecule has 8 heteroatoms. The normalized spacial score (nSPS) is 20.0. The van der Waals surface area contributed by atoms with Gasteiger partial charge in [-0.2, -0.15) is 0 Å². The Balaban J connectivity index is 1.83. The lowest BCUT2D eigenvalue weighted by Crippen LogP contribution is -2.54. The highest BCUT2D eigenvalue weighted by molar-refractivity contribution is 6.28. The number of rotatable bonds is 1. The van der Waals surface area contributed by atoms with Crippen LogP contribution in [0.4, 0.5) is 4.79 Å². The van der Waals surface area contributed by atoms with Gasteiger partial charge in [-0.15, -0.1) is 0 Å². The Morgan fingerprint density at radius 3 is 2.24 bits per heavy atom. The van der Waals surface area contributed by atoms with Crippen LogP contribution in [0.3, 0.4) is 0 Å². The number of urea groups is 1. The second-order valence-electron chi connectivity index (χ2n) is 7.15. The van der Waals surface area contributed by atoms with E-state index in [0.717, 1.165) is 26.1 Å². The molecule has 148 valence electrons. The van der Waals surface area contributed by atoms with E-state index in [9.17, 15) is 19.2 Å². The van der Waals surface area contributed by atoms with Gasteiger partial charge in [-0.05, 0) is 16.3 Å². The summed E-state index contributed by atoms with van der Waals surface area (Å²) in [6.45, 7) is 1.42. The summed E-state index contributed by atoms with van der Waals surface area (Å²) in [4.78, 5) is 51.5. The number of hydrazine groups is 1. The maximum Gasteiger partial charge on any atom is 0.333 e. The van der Waals surface area contributed by atoms with Crippen LogP contribution in [0.25, 0.3) is 10.8 Å². The number of nitrogens with zero attached hydrogens (tertiary/aromatic N) is 3. The molecule has 0 bridgehead atoms. The fraction of sp³-hybridized carbons (Fsp3) is 0.238. The van der Waals surface area contributed by atoms with E-state index in [2.05, 4.69) is 5.43 Å². The topological polar surface area (TPSA) is 90.0 Å². The van der Waals surface area contributed by atoms with Crippen molar-refractivity contribution >= 4 is 34.5 Å². The van der Waals surface area contributed by atoms with E-state index in [4.69, 9.17) is 0 Å². The Labute approximate surface area is 167 Å². The van der Waals surface area contributed by atoms with Gasteiger partial charge >= 0.3 is 6.03 Å². The Bertz CT molecular complexity index is 1080. The predicted molar refractivity (Wildman–Crippen MR) is 105 cm³/mol. The van der Waals surface area contributed by atoms with Crippen molar-refractivity contribution in [2.75, 3.05) is 14.1 Å². The number of fused-ring (bicyclic) bond motifs is 1. The molecule has 2 aromatic carbocycles. The van der Waals surface area contributed by atoms with Gasteiger partial charge in [-0.1, -0.05) is 42.5 Å². The number of amides is 5. The van der Waals surface area contributed by atoms with E-state index in [1.807, 2.05) is 42.5 Å². The summed E-state index contributed by atoms with van der Waals surface area (Å²) < 4.78 is 0. The maximum absolute atomic E-state index is 12.7. The summed E-state index contributed by atoms with van der Waals surface area (Å²) >= 11 is 0. The lowest BCUT2D eigenvalue weighted by atomic mass is 9.95. The van der Waals surface area contributed by atoms with Crippen LogP contribution in [0.2, 0.25) is 0 Å². The largest absolute Gasteiger partial charge is 0.333 e. The molecular weight excluding hydrogens is 372 g/mol. The molecule has 0 saturated carbocycles. The highest BCUT2D eigenvalue weighted by Crippen LogP contribution is 2.37. The van der Waals surface area contributed by atoms with Crippen LogP contribution in [0.5, 0.6) is 0 Å². The van der Waals surface area contributed by atoms with E-state index >= 15 is 0 Å². The molecule has 8 nitrogen and oxygen atoms in total. The molecule has 2 heterocycles. The van der Waals surface area contributed by atoms with Crippen molar-refractivity contribution in [1.82, 2.24) is 20.2 Å². The third-order valence-corrected chi connectivity index (χ3v) is 5.40. The van der Waals surface area contributed by atoms with Crippen LogP contribution in [-0.2, 0) is 14.4 Å². The number of carbonyl (C=O) groups excluding carboxylic acids is 4. The molecule has 0 spiro atoms. The van der Waals surface area contributed by atoms with Crippen molar-refractivity contribution in [1.29, 1.82) is 0 Å². The quantitative estimate of drug-likeness (QED) is 0.592. The number of likely N-dealkylation sites (N-methyl/N-ethyl adjacent to an activating group) is 2. The molecule has 0 aromatic heterocycles. The van der Waals surface area contributed by atoms with Crippen molar-refractivity contribution in [3.63, 3.8) is 0 Å². The fourth-order valence-electron chi connectivity index (χ4n) is 3.88. The molecule has 2 aliphatic rings. The summed E-state index contributed by atoms with van der Waals surface area (Å²) in [5, 5.41) is 3.45. The second-order valence-corrected chi connectivity index (χ2v) is 7.15. The lowest BCUT2D eigenvalue weighted by Gasteiger charge is -2.29. The van der Waals surface area contributed by atoms with Crippen LogP contribution < -0.4 is 5.43 Å². The molecule has 1 N–H and O–H groups in total. The van der Waals surface area contributed by atoms with Crippen molar-refractivity contribution in [3.05, 3.63) is 59.3 Å². The predicted octanol–water partition coefficient (Wildman–Crippen LogP) is 1.94. The molecule has 2 aliphatic heterocycles. The minimum Gasteiger partial charge on any atom is -0.298 e. The molecule has 2 aromatic rings. The first-order valence-corrected chi connectivity index (χ1v) is 9.18. The lowest BCUT2D eigenvalue weighted by molar-refractivity contribution is -0.135. The van der Waals surface area contributed by atoms with Gasteiger partial charge in [0.2, 0.25) is 5.91 Å². The van der Waals surface area contributed by atoms with Gasteiger partial charge in [-0.25, -0.2) is 9.80 Å². The van der Waals surface area contributed by atoms with Crippen LogP contribution in [0.15, 0.2) is 53.7 Å². The number of benzene rings is 2. The van der Waals surface area contributed by atoms with E-state index in [-0.39, 0.29) is 17.9 Å². The van der Waals surface area contributed by atoms with Gasteiger partial charge in [-0.3, -0.25) is 29.6 Å². The number of barbiturate groups is 1. The smallest absolute Gasteiger partial charge is 0.298 e. The molecule has 5 amide bonds. The third kappa shape index (κ3) is 2.84. The van der Waals surface area contributed by atoms with Crippen molar-refractivity contribution in [3.8, 4) is 0 Å². The minimum absolute atomic E-state index is 0.122. The molecular formula is C21H20N4O4. The van der Waals surface area contributed by atoms with Gasteiger partial charge in [0, 0.05) is 27.4 Å². The first-order chi connectivity index (χ1) is 13.8. The van der Waals surface area contributed by atoms with Crippen LogP contribution in [-0.4, -0.2) is 52.7 Å². The summed E-state index contributed by atoms with van der Waals surface area (Å²) in [7, 11) is 2.65. The SMILES string of the molecule is CC(=O)N1NC(=C2C(=O)N(C)C(=O)N(C)C2=O)CC1c1cccc2ccccc12. The van der Waals surface area contributed by atoms with E-state index in [1.54, 1.807) is 0 Å². The minimum atomic E-state index is -0.684. The maximum atomic E-state index is 12.7. The Kier molecular flexibility index (Phi) is 4.34. The van der Waals surface area contributed by atoms with Crippen LogP contribution in [0.1, 0.15) is 24.9 Å². The number of hydrogen-bond acceptors (Lipinski definition) is 5. The number of hydrogen-bond donors (Lipinski definition) is 1. The third-order valence-electron chi connectivity index (χ3n) is 5.40. The highest BCUT2D eigenvalue weighted by atomic mass is 16.2. The molecule has 4 rings (SSSR count). The molecule has 1 atom stereocenters. The zero-order valence-corrected chi connectivity index (χ0v) is 16.3. The van der Waals surface area contributed by atoms with Crippen LogP contribution >= 0.6 is 0 Å². The average Bonchev–Trinajstić information content (AvgIpc) is 3.15. The second kappa shape index (κ2) is 6.73. The number of nitrogens with one attached hydrogen (secondary N) is 1. The Morgan fingerprint density at radius 2 is 1.59 bits per heavy atom. The Morgan fingerprint density at radius 1 is 0.966 bits per heavy atom. The van der Waals surface area contributed by atoms with Crippen molar-refractivity contribution < 1.29 is 19.2 Å². The standard InChI is InChI=1S/C21H20N4O4/c1-12(26)25-17(15-10-6-8-13-7-4-5-9-14(13)15)11-16(22-25)18-19(27)23(2)21(29)24(3)20(18)28/h4-10,17,22H,11H2,1-3H3. The van der Waals surface area contributed by atoms with E-state index in [0.29, 0.717) is 5.70 Å². The number of carbonyl (C=O) groups is 4. The van der Waals surface area contributed by atoms with Gasteiger partial charge in [0.05, 0.1) is 11.7 Å². The highest BCUT2D eigenvalue weighted by Gasteiger charge is 2.43. The first kappa shape index (κ1) is 18.7. The Hall–Kier alpha value is -3.68. The van der Waals surface area contributed by atoms with Gasteiger partial charge in [0.25, 0.3) is 11.8 Å².